The summed E-state index contributed by atoms with van der Waals surface area (Å²) in [7, 11) is 1.87. The minimum atomic E-state index is -5.13. The third kappa shape index (κ3) is 8.57. The van der Waals surface area contributed by atoms with Crippen molar-refractivity contribution < 1.29 is 32.3 Å². The smallest absolute Gasteiger partial charge is 0.344 e. The SMILES string of the molecule is CNC1CCN(C(=O)N[C@H](C(=O)N2CCC[C@H]2C(=O)NC(Cc2ccccc2)C(=O)C(F)(F)F)C(C)C)CC1.Cl. The Morgan fingerprint density at radius 2 is 1.60 bits per heavy atom. The van der Waals surface area contributed by atoms with Crippen molar-refractivity contribution in [2.24, 2.45) is 5.92 Å². The van der Waals surface area contributed by atoms with Crippen LogP contribution < -0.4 is 16.0 Å². The van der Waals surface area contributed by atoms with Gasteiger partial charge in [0.15, 0.2) is 0 Å². The zero-order chi connectivity index (χ0) is 28.7. The maximum absolute atomic E-state index is 13.5. The lowest BCUT2D eigenvalue weighted by molar-refractivity contribution is -0.173. The van der Waals surface area contributed by atoms with Gasteiger partial charge >= 0.3 is 12.2 Å². The molecule has 3 rings (SSSR count). The van der Waals surface area contributed by atoms with Crippen LogP contribution in [0.25, 0.3) is 0 Å². The summed E-state index contributed by atoms with van der Waals surface area (Å²) in [4.78, 5) is 54.8. The number of benzene rings is 1. The number of piperidine rings is 1. The zero-order valence-electron chi connectivity index (χ0n) is 23.0. The maximum atomic E-state index is 13.5. The molecule has 3 N–H and O–H groups in total. The molecule has 224 valence electrons. The van der Waals surface area contributed by atoms with Crippen LogP contribution in [0.3, 0.4) is 0 Å². The molecule has 2 aliphatic rings. The summed E-state index contributed by atoms with van der Waals surface area (Å²) in [5, 5.41) is 8.27. The molecule has 2 heterocycles. The standard InChI is InChI=1S/C27H38F3N5O4.ClH/c1-17(2)22(33-26(39)34-14-11-19(31-3)12-15-34)25(38)35-13-7-10-21(35)24(37)32-20(23(36)27(28,29)30)16-18-8-5-4-6-9-18;/h4-6,8-9,17,19-22,31H,7,10-16H2,1-3H3,(H,32,37)(H,33,39);1H/t20?,21-,22-;/m0./s1. The Morgan fingerprint density at radius 1 is 0.975 bits per heavy atom. The van der Waals surface area contributed by atoms with E-state index in [4.69, 9.17) is 0 Å². The maximum Gasteiger partial charge on any atom is 0.452 e. The number of halogens is 4. The molecule has 1 aromatic carbocycles. The molecule has 0 radical (unpaired) electrons. The van der Waals surface area contributed by atoms with E-state index in [1.54, 1.807) is 49.1 Å². The second-order valence-corrected chi connectivity index (χ2v) is 10.5. The third-order valence-corrected chi connectivity index (χ3v) is 7.44. The molecule has 40 heavy (non-hydrogen) atoms. The van der Waals surface area contributed by atoms with Gasteiger partial charge in [0.05, 0.1) is 0 Å². The van der Waals surface area contributed by atoms with Gasteiger partial charge in [0.25, 0.3) is 5.78 Å². The Balaban J connectivity index is 0.00000560. The van der Waals surface area contributed by atoms with Gasteiger partial charge < -0.3 is 25.8 Å². The number of likely N-dealkylation sites (tertiary alicyclic amines) is 2. The number of carbonyl (C=O) groups excluding carboxylic acids is 4. The highest BCUT2D eigenvalue weighted by molar-refractivity contribution is 5.96. The van der Waals surface area contributed by atoms with Crippen LogP contribution in [0.15, 0.2) is 30.3 Å². The zero-order valence-corrected chi connectivity index (χ0v) is 23.8. The molecule has 1 unspecified atom stereocenters. The Hall–Kier alpha value is -2.86. The number of amides is 4. The highest BCUT2D eigenvalue weighted by Gasteiger charge is 2.46. The normalized spacial score (nSPS) is 19.5. The summed E-state index contributed by atoms with van der Waals surface area (Å²) in [6, 6.07) is 4.30. The second kappa shape index (κ2) is 14.7. The first-order valence-electron chi connectivity index (χ1n) is 13.4. The number of alkyl halides is 3. The summed E-state index contributed by atoms with van der Waals surface area (Å²) in [5.74, 6) is -3.63. The van der Waals surface area contributed by atoms with Gasteiger partial charge in [0, 0.05) is 32.1 Å². The lowest BCUT2D eigenvalue weighted by atomic mass is 10.0. The highest BCUT2D eigenvalue weighted by atomic mass is 35.5. The number of Topliss-reactive ketones (excluding diaryl/α,β-unsaturated/α-hetero) is 1. The minimum Gasteiger partial charge on any atom is -0.344 e. The first-order chi connectivity index (χ1) is 18.4. The Kier molecular flexibility index (Phi) is 12.2. The van der Waals surface area contributed by atoms with Crippen LogP contribution in [0.1, 0.15) is 45.1 Å². The molecule has 2 saturated heterocycles. The predicted molar refractivity (Wildman–Crippen MR) is 146 cm³/mol. The van der Waals surface area contributed by atoms with Crippen molar-refractivity contribution in [3.8, 4) is 0 Å². The molecule has 13 heteroatoms. The van der Waals surface area contributed by atoms with Gasteiger partial charge in [0.1, 0.15) is 18.1 Å². The van der Waals surface area contributed by atoms with Crippen molar-refractivity contribution in [2.45, 2.75) is 76.3 Å². The van der Waals surface area contributed by atoms with Gasteiger partial charge in [-0.2, -0.15) is 13.2 Å². The molecular formula is C27H39ClF3N5O4. The van der Waals surface area contributed by atoms with Crippen LogP contribution in [0.2, 0.25) is 0 Å². The highest BCUT2D eigenvalue weighted by Crippen LogP contribution is 2.23. The predicted octanol–water partition coefficient (Wildman–Crippen LogP) is 2.68. The summed E-state index contributed by atoms with van der Waals surface area (Å²) < 4.78 is 40.0. The first kappa shape index (κ1) is 33.3. The fourth-order valence-electron chi connectivity index (χ4n) is 5.12. The third-order valence-electron chi connectivity index (χ3n) is 7.44. The van der Waals surface area contributed by atoms with Crippen molar-refractivity contribution in [1.82, 2.24) is 25.8 Å². The molecule has 0 aromatic heterocycles. The quantitative estimate of drug-likeness (QED) is 0.410. The largest absolute Gasteiger partial charge is 0.452 e. The van der Waals surface area contributed by atoms with Crippen LogP contribution in [0.5, 0.6) is 0 Å². The van der Waals surface area contributed by atoms with Crippen molar-refractivity contribution in [3.63, 3.8) is 0 Å². The average molecular weight is 590 g/mol. The van der Waals surface area contributed by atoms with Crippen molar-refractivity contribution in [3.05, 3.63) is 35.9 Å². The number of carbonyl (C=O) groups is 4. The van der Waals surface area contributed by atoms with E-state index in [1.165, 1.54) is 4.90 Å². The van der Waals surface area contributed by atoms with E-state index in [0.29, 0.717) is 31.1 Å². The van der Waals surface area contributed by atoms with Gasteiger partial charge in [-0.1, -0.05) is 44.2 Å². The van der Waals surface area contributed by atoms with E-state index >= 15 is 0 Å². The number of hydrogen-bond donors (Lipinski definition) is 3. The lowest BCUT2D eigenvalue weighted by Gasteiger charge is -2.35. The summed E-state index contributed by atoms with van der Waals surface area (Å²) >= 11 is 0. The molecule has 9 nitrogen and oxygen atoms in total. The van der Waals surface area contributed by atoms with Gasteiger partial charge in [0.2, 0.25) is 11.8 Å². The number of nitrogens with zero attached hydrogens (tertiary/aromatic N) is 2. The van der Waals surface area contributed by atoms with Gasteiger partial charge in [-0.05, 0) is 44.2 Å². The fourth-order valence-corrected chi connectivity index (χ4v) is 5.12. The van der Waals surface area contributed by atoms with Crippen molar-refractivity contribution in [1.29, 1.82) is 0 Å². The fraction of sp³-hybridized carbons (Fsp3) is 0.630. The average Bonchev–Trinajstić information content (AvgIpc) is 3.40. The molecule has 4 amide bonds. The van der Waals surface area contributed by atoms with Crippen LogP contribution in [0, 0.1) is 5.92 Å². The lowest BCUT2D eigenvalue weighted by Crippen LogP contribution is -2.59. The summed E-state index contributed by atoms with van der Waals surface area (Å²) in [6.45, 7) is 4.86. The molecule has 0 aliphatic carbocycles. The molecule has 0 spiro atoms. The molecule has 2 fully saturated rings. The van der Waals surface area contributed by atoms with E-state index < -0.39 is 41.9 Å². The molecule has 1 aromatic rings. The number of rotatable bonds is 9. The van der Waals surface area contributed by atoms with Crippen LogP contribution in [-0.4, -0.2) is 90.5 Å². The number of ketones is 1. The summed E-state index contributed by atoms with van der Waals surface area (Å²) in [6.07, 6.45) is -3.17. The second-order valence-electron chi connectivity index (χ2n) is 10.5. The van der Waals surface area contributed by atoms with E-state index in [2.05, 4.69) is 16.0 Å². The first-order valence-corrected chi connectivity index (χ1v) is 13.4. The van der Waals surface area contributed by atoms with E-state index in [1.807, 2.05) is 7.05 Å². The van der Waals surface area contributed by atoms with Crippen LogP contribution in [-0.2, 0) is 20.8 Å². The summed E-state index contributed by atoms with van der Waals surface area (Å²) in [5.41, 5.74) is 0.459. The topological polar surface area (TPSA) is 111 Å². The van der Waals surface area contributed by atoms with Crippen molar-refractivity contribution in [2.75, 3.05) is 26.7 Å². The van der Waals surface area contributed by atoms with Gasteiger partial charge in [-0.3, -0.25) is 14.4 Å². The Morgan fingerprint density at radius 3 is 2.15 bits per heavy atom. The van der Waals surface area contributed by atoms with Crippen molar-refractivity contribution >= 4 is 36.0 Å². The minimum absolute atomic E-state index is 0. The van der Waals surface area contributed by atoms with Crippen LogP contribution in [0.4, 0.5) is 18.0 Å². The molecule has 0 saturated carbocycles. The number of urea groups is 1. The number of hydrogen-bond acceptors (Lipinski definition) is 5. The van der Waals surface area contributed by atoms with Crippen LogP contribution >= 0.6 is 12.4 Å². The molecular weight excluding hydrogens is 551 g/mol. The number of nitrogens with one attached hydrogen (secondary N) is 3. The van der Waals surface area contributed by atoms with E-state index in [-0.39, 0.29) is 43.7 Å². The van der Waals surface area contributed by atoms with E-state index in [9.17, 15) is 32.3 Å². The Bertz CT molecular complexity index is 1020. The van der Waals surface area contributed by atoms with Gasteiger partial charge in [-0.25, -0.2) is 4.79 Å². The molecule has 3 atom stereocenters. The van der Waals surface area contributed by atoms with E-state index in [0.717, 1.165) is 12.8 Å². The van der Waals surface area contributed by atoms with Gasteiger partial charge in [-0.15, -0.1) is 12.4 Å². The monoisotopic (exact) mass is 589 g/mol. The molecule has 2 aliphatic heterocycles. The Labute approximate surface area is 239 Å². The molecule has 0 bridgehead atoms.